The van der Waals surface area contributed by atoms with Crippen molar-refractivity contribution in [3.63, 3.8) is 0 Å². The van der Waals surface area contributed by atoms with E-state index < -0.39 is 0 Å². The number of fused-ring (bicyclic) bond motifs is 4. The maximum absolute atomic E-state index is 13.9. The number of hydrogen-bond donors (Lipinski definition) is 0. The lowest BCUT2D eigenvalue weighted by molar-refractivity contribution is -0.000343. The predicted molar refractivity (Wildman–Crippen MR) is 183 cm³/mol. The fourth-order valence-electron chi connectivity index (χ4n) is 9.39. The number of halogens is 2. The van der Waals surface area contributed by atoms with Gasteiger partial charge in [-0.3, -0.25) is 14.5 Å². The van der Waals surface area contributed by atoms with E-state index in [1.165, 1.54) is 11.1 Å². The first-order chi connectivity index (χ1) is 22.6. The maximum atomic E-state index is 13.9. The third-order valence-electron chi connectivity index (χ3n) is 12.4. The zero-order valence-electron chi connectivity index (χ0n) is 27.5. The van der Waals surface area contributed by atoms with Crippen LogP contribution in [0.4, 0.5) is 4.39 Å². The van der Waals surface area contributed by atoms with Gasteiger partial charge in [-0.05, 0) is 124 Å². The third-order valence-corrected chi connectivity index (χ3v) is 12.7. The number of carbonyl (C=O) groups excluding carboxylic acids is 2. The first-order valence-corrected chi connectivity index (χ1v) is 17.4. The van der Waals surface area contributed by atoms with Gasteiger partial charge in [0, 0.05) is 36.6 Å². The summed E-state index contributed by atoms with van der Waals surface area (Å²) >= 11 is 6.60. The van der Waals surface area contributed by atoms with Gasteiger partial charge >= 0.3 is 0 Å². The number of aromatic nitrogens is 1. The van der Waals surface area contributed by atoms with Gasteiger partial charge in [-0.1, -0.05) is 35.9 Å². The van der Waals surface area contributed by atoms with Crippen LogP contribution in [0, 0.1) is 11.2 Å². The van der Waals surface area contributed by atoms with E-state index in [2.05, 4.69) is 35.7 Å². The highest BCUT2D eigenvalue weighted by Crippen LogP contribution is 2.52. The summed E-state index contributed by atoms with van der Waals surface area (Å²) in [6.45, 7) is 2.07. The largest absolute Gasteiger partial charge is 0.345 e. The second-order valence-electron chi connectivity index (χ2n) is 14.6. The number of hydrogen-bond acceptors (Lipinski definition) is 3. The van der Waals surface area contributed by atoms with Gasteiger partial charge in [-0.2, -0.15) is 0 Å². The van der Waals surface area contributed by atoms with Crippen molar-refractivity contribution in [1.29, 1.82) is 0 Å². The lowest BCUT2D eigenvalue weighted by Crippen LogP contribution is -2.50. The van der Waals surface area contributed by atoms with E-state index in [1.54, 1.807) is 12.1 Å². The van der Waals surface area contributed by atoms with Crippen LogP contribution in [0.15, 0.2) is 60.7 Å². The van der Waals surface area contributed by atoms with Crippen LogP contribution in [0.25, 0.3) is 10.9 Å². The van der Waals surface area contributed by atoms with Crippen molar-refractivity contribution >= 4 is 34.3 Å². The maximum Gasteiger partial charge on any atom is 0.257 e. The number of carbonyl (C=O) groups is 2. The van der Waals surface area contributed by atoms with Gasteiger partial charge in [-0.15, -0.1) is 0 Å². The number of benzene rings is 3. The number of likely N-dealkylation sites (tertiary alicyclic amines) is 1. The quantitative estimate of drug-likeness (QED) is 0.226. The second-order valence-corrected chi connectivity index (χ2v) is 15.0. The van der Waals surface area contributed by atoms with Crippen LogP contribution in [0.2, 0.25) is 5.02 Å². The van der Waals surface area contributed by atoms with Gasteiger partial charge in [0.2, 0.25) is 0 Å². The molecule has 1 saturated carbocycles. The van der Waals surface area contributed by atoms with Gasteiger partial charge in [0.25, 0.3) is 11.8 Å². The van der Waals surface area contributed by atoms with E-state index in [9.17, 15) is 14.0 Å². The first kappa shape index (κ1) is 30.6. The average molecular weight is 653 g/mol. The molecule has 6 nitrogen and oxygen atoms in total. The normalized spacial score (nSPS) is 21.6. The monoisotopic (exact) mass is 652 g/mol. The fraction of sp³-hybridized carbons (Fsp3) is 0.436. The Morgan fingerprint density at radius 1 is 0.957 bits per heavy atom. The van der Waals surface area contributed by atoms with Gasteiger partial charge in [0.15, 0.2) is 0 Å². The lowest BCUT2D eigenvalue weighted by Gasteiger charge is -2.52. The van der Waals surface area contributed by atoms with Crippen LogP contribution >= 0.6 is 11.6 Å². The molecule has 8 heteroatoms. The molecule has 1 saturated heterocycles. The molecule has 0 N–H and O–H groups in total. The SMILES string of the molecule is CN(C)C1(c2ccc(F)cc2)CCC2(CCN(C(=O)c3ccc4c(c3)C(N3Cc5c(c6c(Cl)cccc6n5C)C3=O)CC4)CC2)CC1. The molecule has 8 rings (SSSR count). The van der Waals surface area contributed by atoms with Gasteiger partial charge in [-0.25, -0.2) is 4.39 Å². The van der Waals surface area contributed by atoms with Gasteiger partial charge < -0.3 is 14.4 Å². The average Bonchev–Trinajstić information content (AvgIpc) is 3.73. The third kappa shape index (κ3) is 4.75. The minimum absolute atomic E-state index is 0.0276. The van der Waals surface area contributed by atoms with E-state index in [0.29, 0.717) is 11.6 Å². The molecule has 4 aromatic rings. The molecule has 1 unspecified atom stereocenters. The van der Waals surface area contributed by atoms with E-state index in [-0.39, 0.29) is 34.6 Å². The van der Waals surface area contributed by atoms with Crippen molar-refractivity contribution in [2.75, 3.05) is 27.2 Å². The van der Waals surface area contributed by atoms with E-state index in [4.69, 9.17) is 11.6 Å². The highest BCUT2D eigenvalue weighted by Gasteiger charge is 2.47. The Labute approximate surface area is 281 Å². The van der Waals surface area contributed by atoms with Crippen molar-refractivity contribution in [1.82, 2.24) is 19.3 Å². The van der Waals surface area contributed by atoms with Crippen molar-refractivity contribution in [2.24, 2.45) is 12.5 Å². The Morgan fingerprint density at radius 3 is 2.38 bits per heavy atom. The molecule has 0 radical (unpaired) electrons. The standard InChI is InChI=1S/C39H42ClFN4O2/c1-42(2)39(27-10-12-28(41)13-11-27)17-15-38(16-18-39)19-21-44(22-20-38)36(46)26-8-7-25-9-14-31(29(25)23-26)45-24-33-35(37(45)47)34-30(40)5-4-6-32(34)43(33)3/h4-8,10-13,23,31H,9,14-22,24H2,1-3H3. The summed E-state index contributed by atoms with van der Waals surface area (Å²) in [4.78, 5) is 34.2. The van der Waals surface area contributed by atoms with E-state index >= 15 is 0 Å². The van der Waals surface area contributed by atoms with E-state index in [1.807, 2.05) is 53.2 Å². The Morgan fingerprint density at radius 2 is 1.68 bits per heavy atom. The predicted octanol–water partition coefficient (Wildman–Crippen LogP) is 7.87. The zero-order valence-corrected chi connectivity index (χ0v) is 28.2. The van der Waals surface area contributed by atoms with Crippen LogP contribution in [-0.4, -0.2) is 58.3 Å². The minimum Gasteiger partial charge on any atom is -0.345 e. The topological polar surface area (TPSA) is 48.8 Å². The van der Waals surface area contributed by atoms with Gasteiger partial charge in [0.05, 0.1) is 34.4 Å². The number of aryl methyl sites for hydroxylation is 2. The van der Waals surface area contributed by atoms with Crippen molar-refractivity contribution in [2.45, 2.75) is 69.5 Å². The lowest BCUT2D eigenvalue weighted by atomic mass is 9.61. The number of piperidine rings is 1. The second kappa shape index (κ2) is 11.2. The molecule has 3 aromatic carbocycles. The molecular formula is C39H42ClFN4O2. The summed E-state index contributed by atoms with van der Waals surface area (Å²) in [6, 6.07) is 18.9. The van der Waals surface area contributed by atoms with Gasteiger partial charge in [0.1, 0.15) is 5.82 Å². The molecule has 1 aromatic heterocycles. The molecular weight excluding hydrogens is 611 g/mol. The Bertz CT molecular complexity index is 1900. The van der Waals surface area contributed by atoms with Crippen LogP contribution < -0.4 is 0 Å². The highest BCUT2D eigenvalue weighted by atomic mass is 35.5. The first-order valence-electron chi connectivity index (χ1n) is 17.0. The van der Waals surface area contributed by atoms with Crippen LogP contribution in [-0.2, 0) is 25.6 Å². The van der Waals surface area contributed by atoms with Crippen LogP contribution in [0.5, 0.6) is 0 Å². The Hall–Kier alpha value is -3.68. The molecule has 4 aliphatic rings. The summed E-state index contributed by atoms with van der Waals surface area (Å²) in [7, 11) is 6.29. The molecule has 47 heavy (non-hydrogen) atoms. The molecule has 2 aliphatic carbocycles. The molecule has 1 spiro atoms. The van der Waals surface area contributed by atoms with Crippen molar-refractivity contribution in [3.8, 4) is 0 Å². The molecule has 2 amide bonds. The number of rotatable bonds is 4. The summed E-state index contributed by atoms with van der Waals surface area (Å²) < 4.78 is 15.8. The molecule has 3 heterocycles. The molecule has 1 atom stereocenters. The van der Waals surface area contributed by atoms with Crippen molar-refractivity contribution < 1.29 is 14.0 Å². The van der Waals surface area contributed by atoms with E-state index in [0.717, 1.165) is 97.7 Å². The Balaban J connectivity index is 0.962. The van der Waals surface area contributed by atoms with Crippen LogP contribution in [0.1, 0.15) is 94.1 Å². The minimum atomic E-state index is -0.194. The molecule has 244 valence electrons. The fourth-order valence-corrected chi connectivity index (χ4v) is 9.66. The zero-order chi connectivity index (χ0) is 32.7. The molecule has 2 aliphatic heterocycles. The Kier molecular flexibility index (Phi) is 7.30. The highest BCUT2D eigenvalue weighted by molar-refractivity contribution is 6.37. The smallest absolute Gasteiger partial charge is 0.257 e. The summed E-state index contributed by atoms with van der Waals surface area (Å²) in [5, 5.41) is 1.45. The van der Waals surface area contributed by atoms with Crippen molar-refractivity contribution in [3.05, 3.63) is 105 Å². The number of nitrogens with zero attached hydrogens (tertiary/aromatic N) is 4. The molecule has 2 fully saturated rings. The molecule has 0 bridgehead atoms. The van der Waals surface area contributed by atoms with Crippen LogP contribution in [0.3, 0.4) is 0 Å². The summed E-state index contributed by atoms with van der Waals surface area (Å²) in [5.74, 6) is -0.0771. The number of amides is 2. The summed E-state index contributed by atoms with van der Waals surface area (Å²) in [5.41, 5.74) is 7.12. The summed E-state index contributed by atoms with van der Waals surface area (Å²) in [6.07, 6.45) is 8.06.